The highest BCUT2D eigenvalue weighted by molar-refractivity contribution is 5.99. The number of rotatable bonds is 8. The minimum atomic E-state index is -0.653. The molecule has 1 aliphatic rings. The van der Waals surface area contributed by atoms with E-state index in [9.17, 15) is 14.0 Å². The Morgan fingerprint density at radius 2 is 1.83 bits per heavy atom. The van der Waals surface area contributed by atoms with E-state index in [1.54, 1.807) is 4.90 Å². The fourth-order valence-electron chi connectivity index (χ4n) is 4.57. The van der Waals surface area contributed by atoms with E-state index in [0.29, 0.717) is 25.3 Å². The Bertz CT molecular complexity index is 1430. The highest BCUT2D eigenvalue weighted by atomic mass is 19.1. The van der Waals surface area contributed by atoms with Gasteiger partial charge in [-0.1, -0.05) is 55.8 Å². The summed E-state index contributed by atoms with van der Waals surface area (Å²) in [5.41, 5.74) is 1.88. The molecule has 1 aliphatic heterocycles. The van der Waals surface area contributed by atoms with E-state index in [-0.39, 0.29) is 28.2 Å². The fraction of sp³-hybridized carbons (Fsp3) is 0.241. The normalized spacial score (nSPS) is 15.0. The van der Waals surface area contributed by atoms with Gasteiger partial charge < -0.3 is 14.1 Å². The van der Waals surface area contributed by atoms with Crippen molar-refractivity contribution in [2.75, 3.05) is 13.2 Å². The molecule has 0 spiro atoms. The standard InChI is InChI=1S/C29H26FNO4/c1-2-3-16-34-22-11-7-10-20(17-22)26-25-27(32)23-18-21(30)12-13-24(23)35-28(25)29(33)31(26)15-14-19-8-5-4-6-9-19/h4-13,17-18,26H,2-3,14-16H2,1H3. The maximum Gasteiger partial charge on any atom is 0.290 e. The van der Waals surface area contributed by atoms with Crippen molar-refractivity contribution in [2.45, 2.75) is 32.2 Å². The van der Waals surface area contributed by atoms with Gasteiger partial charge in [0.05, 0.1) is 23.6 Å². The van der Waals surface area contributed by atoms with Crippen molar-refractivity contribution in [3.8, 4) is 5.75 Å². The summed E-state index contributed by atoms with van der Waals surface area (Å²) < 4.78 is 25.8. The summed E-state index contributed by atoms with van der Waals surface area (Å²) in [4.78, 5) is 28.8. The molecule has 35 heavy (non-hydrogen) atoms. The number of fused-ring (bicyclic) bond motifs is 2. The summed E-state index contributed by atoms with van der Waals surface area (Å²) in [6.07, 6.45) is 2.56. The Balaban J connectivity index is 1.60. The van der Waals surface area contributed by atoms with Crippen LogP contribution in [-0.4, -0.2) is 24.0 Å². The van der Waals surface area contributed by atoms with E-state index in [1.165, 1.54) is 18.2 Å². The van der Waals surface area contributed by atoms with Crippen LogP contribution in [0.2, 0.25) is 0 Å². The van der Waals surface area contributed by atoms with Gasteiger partial charge in [-0.2, -0.15) is 0 Å². The molecule has 0 fully saturated rings. The molecule has 6 heteroatoms. The van der Waals surface area contributed by atoms with Gasteiger partial charge in [-0.3, -0.25) is 9.59 Å². The lowest BCUT2D eigenvalue weighted by Gasteiger charge is -2.25. The maximum atomic E-state index is 14.0. The zero-order valence-electron chi connectivity index (χ0n) is 19.5. The number of hydrogen-bond donors (Lipinski definition) is 0. The average molecular weight is 472 g/mol. The van der Waals surface area contributed by atoms with Crippen molar-refractivity contribution in [2.24, 2.45) is 0 Å². The van der Waals surface area contributed by atoms with E-state index in [0.717, 1.165) is 24.0 Å². The second kappa shape index (κ2) is 9.74. The molecule has 1 aromatic heterocycles. The minimum Gasteiger partial charge on any atom is -0.494 e. The van der Waals surface area contributed by atoms with Crippen LogP contribution >= 0.6 is 0 Å². The molecule has 5 rings (SSSR count). The van der Waals surface area contributed by atoms with Gasteiger partial charge in [0.2, 0.25) is 5.76 Å². The van der Waals surface area contributed by atoms with Crippen molar-refractivity contribution in [3.63, 3.8) is 0 Å². The van der Waals surface area contributed by atoms with Crippen molar-refractivity contribution in [3.05, 3.63) is 111 Å². The third-order valence-corrected chi connectivity index (χ3v) is 6.35. The molecule has 178 valence electrons. The lowest BCUT2D eigenvalue weighted by atomic mass is 9.98. The van der Waals surface area contributed by atoms with Crippen molar-refractivity contribution < 1.29 is 18.3 Å². The second-order valence-electron chi connectivity index (χ2n) is 8.73. The number of unbranched alkanes of at least 4 members (excludes halogenated alkanes) is 1. The SMILES string of the molecule is CCCCOc1cccc(C2c3c(oc4ccc(F)cc4c3=O)C(=O)N2CCc2ccccc2)c1. The number of carbonyl (C=O) groups excluding carboxylic acids is 1. The predicted octanol–water partition coefficient (Wildman–Crippen LogP) is 5.90. The highest BCUT2D eigenvalue weighted by Crippen LogP contribution is 2.39. The highest BCUT2D eigenvalue weighted by Gasteiger charge is 2.42. The third kappa shape index (κ3) is 4.44. The van der Waals surface area contributed by atoms with Crippen LogP contribution in [0.5, 0.6) is 5.75 Å². The van der Waals surface area contributed by atoms with Crippen molar-refractivity contribution >= 4 is 16.9 Å². The molecule has 0 radical (unpaired) electrons. The van der Waals surface area contributed by atoms with Crippen LogP contribution in [0.25, 0.3) is 11.0 Å². The molecule has 0 N–H and O–H groups in total. The van der Waals surface area contributed by atoms with Gasteiger partial charge in [-0.25, -0.2) is 4.39 Å². The first kappa shape index (κ1) is 22.8. The zero-order chi connectivity index (χ0) is 24.4. The van der Waals surface area contributed by atoms with Gasteiger partial charge in [0.25, 0.3) is 5.91 Å². The predicted molar refractivity (Wildman–Crippen MR) is 132 cm³/mol. The third-order valence-electron chi connectivity index (χ3n) is 6.35. The Morgan fingerprint density at radius 1 is 1.00 bits per heavy atom. The first-order valence-electron chi connectivity index (χ1n) is 11.9. The van der Waals surface area contributed by atoms with Gasteiger partial charge >= 0.3 is 0 Å². The van der Waals surface area contributed by atoms with Gasteiger partial charge in [0.15, 0.2) is 5.43 Å². The Labute approximate surface area is 202 Å². The van der Waals surface area contributed by atoms with Crippen LogP contribution in [0.4, 0.5) is 4.39 Å². The van der Waals surface area contributed by atoms with Crippen LogP contribution < -0.4 is 10.2 Å². The average Bonchev–Trinajstić information content (AvgIpc) is 3.16. The quantitative estimate of drug-likeness (QED) is 0.300. The second-order valence-corrected chi connectivity index (χ2v) is 8.73. The lowest BCUT2D eigenvalue weighted by Crippen LogP contribution is -2.31. The summed E-state index contributed by atoms with van der Waals surface area (Å²) in [5, 5.41) is 0.127. The van der Waals surface area contributed by atoms with Crippen LogP contribution in [0.1, 0.15) is 53.1 Å². The van der Waals surface area contributed by atoms with Gasteiger partial charge in [0, 0.05) is 6.54 Å². The van der Waals surface area contributed by atoms with Crippen LogP contribution in [0.3, 0.4) is 0 Å². The summed E-state index contributed by atoms with van der Waals surface area (Å²) in [5.74, 6) is -0.181. The molecule has 0 saturated carbocycles. The maximum absolute atomic E-state index is 14.0. The van der Waals surface area contributed by atoms with Crippen LogP contribution in [0, 0.1) is 5.82 Å². The first-order valence-corrected chi connectivity index (χ1v) is 11.9. The Hall–Kier alpha value is -3.93. The topological polar surface area (TPSA) is 59.8 Å². The van der Waals surface area contributed by atoms with E-state index in [1.807, 2.05) is 54.6 Å². The number of amides is 1. The van der Waals surface area contributed by atoms with E-state index >= 15 is 0 Å². The number of carbonyl (C=O) groups is 1. The molecular weight excluding hydrogens is 445 g/mol. The van der Waals surface area contributed by atoms with E-state index < -0.39 is 17.3 Å². The summed E-state index contributed by atoms with van der Waals surface area (Å²) in [6, 6.07) is 20.5. The smallest absolute Gasteiger partial charge is 0.290 e. The number of ether oxygens (including phenoxy) is 1. The number of nitrogens with zero attached hydrogens (tertiary/aromatic N) is 1. The molecule has 1 atom stereocenters. The van der Waals surface area contributed by atoms with Gasteiger partial charge in [0.1, 0.15) is 17.1 Å². The van der Waals surface area contributed by atoms with Crippen LogP contribution in [0.15, 0.2) is 82.0 Å². The number of benzene rings is 3. The van der Waals surface area contributed by atoms with E-state index in [4.69, 9.17) is 9.15 Å². The summed E-state index contributed by atoms with van der Waals surface area (Å²) in [6.45, 7) is 3.07. The monoisotopic (exact) mass is 471 g/mol. The lowest BCUT2D eigenvalue weighted by molar-refractivity contribution is 0.0730. The van der Waals surface area contributed by atoms with E-state index in [2.05, 4.69) is 6.92 Å². The Morgan fingerprint density at radius 3 is 2.63 bits per heavy atom. The largest absolute Gasteiger partial charge is 0.494 e. The molecule has 3 aromatic carbocycles. The first-order chi connectivity index (χ1) is 17.1. The molecule has 0 bridgehead atoms. The van der Waals surface area contributed by atoms with Gasteiger partial charge in [-0.05, 0) is 54.3 Å². The molecule has 1 unspecified atom stereocenters. The molecular formula is C29H26FNO4. The molecule has 5 nitrogen and oxygen atoms in total. The molecule has 4 aromatic rings. The van der Waals surface area contributed by atoms with Crippen molar-refractivity contribution in [1.82, 2.24) is 4.90 Å². The molecule has 0 saturated heterocycles. The fourth-order valence-corrected chi connectivity index (χ4v) is 4.57. The van der Waals surface area contributed by atoms with Crippen LogP contribution in [-0.2, 0) is 6.42 Å². The zero-order valence-corrected chi connectivity index (χ0v) is 19.5. The summed E-state index contributed by atoms with van der Waals surface area (Å²) >= 11 is 0. The van der Waals surface area contributed by atoms with Gasteiger partial charge in [-0.15, -0.1) is 0 Å². The molecule has 1 amide bonds. The Kier molecular flexibility index (Phi) is 6.36. The van der Waals surface area contributed by atoms with Crippen molar-refractivity contribution in [1.29, 1.82) is 0 Å². The molecule has 0 aliphatic carbocycles. The number of hydrogen-bond acceptors (Lipinski definition) is 4. The summed E-state index contributed by atoms with van der Waals surface area (Å²) in [7, 11) is 0. The molecule has 2 heterocycles. The minimum absolute atomic E-state index is 0.0180. The number of halogens is 1.